The Balaban J connectivity index is 1.67. The monoisotopic (exact) mass is 321 g/mol. The molecule has 3 rings (SSSR count). The minimum atomic E-state index is 0.723. The molecule has 0 unspecified atom stereocenters. The number of hydrogen-bond acceptors (Lipinski definition) is 4. The van der Waals surface area contributed by atoms with Crippen LogP contribution in [-0.2, 0) is 13.1 Å². The van der Waals surface area contributed by atoms with Gasteiger partial charge in [-0.05, 0) is 37.5 Å². The lowest BCUT2D eigenvalue weighted by Crippen LogP contribution is -2.18. The van der Waals surface area contributed by atoms with Crippen molar-refractivity contribution in [3.63, 3.8) is 0 Å². The summed E-state index contributed by atoms with van der Waals surface area (Å²) in [6.45, 7) is 3.80. The highest BCUT2D eigenvalue weighted by Crippen LogP contribution is 2.29. The normalized spacial score (nSPS) is 14.4. The van der Waals surface area contributed by atoms with Crippen molar-refractivity contribution in [3.8, 4) is 0 Å². The van der Waals surface area contributed by atoms with Crippen molar-refractivity contribution in [2.24, 2.45) is 0 Å². The molecular weight excluding hydrogens is 302 g/mol. The molecule has 0 bridgehead atoms. The predicted octanol–water partition coefficient (Wildman–Crippen LogP) is 3.99. The van der Waals surface area contributed by atoms with E-state index >= 15 is 0 Å². The Morgan fingerprint density at radius 3 is 2.86 bits per heavy atom. The first-order valence-electron chi connectivity index (χ1n) is 7.25. The Labute approximate surface area is 135 Å². The van der Waals surface area contributed by atoms with Gasteiger partial charge in [-0.3, -0.25) is 0 Å². The van der Waals surface area contributed by atoms with Crippen molar-refractivity contribution in [2.75, 3.05) is 11.9 Å². The summed E-state index contributed by atoms with van der Waals surface area (Å²) in [4.78, 5) is 7.76. The number of halogens is 1. The van der Waals surface area contributed by atoms with E-state index in [0.29, 0.717) is 0 Å². The predicted molar refractivity (Wildman–Crippen MR) is 90.3 cm³/mol. The molecule has 5 heteroatoms. The van der Waals surface area contributed by atoms with E-state index in [1.807, 2.05) is 12.4 Å². The molecule has 0 amide bonds. The van der Waals surface area contributed by atoms with Crippen molar-refractivity contribution in [3.05, 3.63) is 44.9 Å². The van der Waals surface area contributed by atoms with Crippen LogP contribution in [0.25, 0.3) is 0 Å². The van der Waals surface area contributed by atoms with Crippen LogP contribution >= 0.6 is 22.9 Å². The number of rotatable bonds is 6. The SMILES string of the molecule is Cc1ncsc1CN(C)c1ccc(CNC2CC2)cc1Cl. The van der Waals surface area contributed by atoms with Gasteiger partial charge in [0.2, 0.25) is 0 Å². The highest BCUT2D eigenvalue weighted by molar-refractivity contribution is 7.09. The fourth-order valence-electron chi connectivity index (χ4n) is 2.30. The Morgan fingerprint density at radius 1 is 1.43 bits per heavy atom. The second-order valence-corrected chi connectivity index (χ2v) is 7.00. The second-order valence-electron chi connectivity index (χ2n) is 5.66. The molecule has 1 aromatic carbocycles. The van der Waals surface area contributed by atoms with Gasteiger partial charge in [-0.1, -0.05) is 17.7 Å². The molecule has 2 aromatic rings. The summed E-state index contributed by atoms with van der Waals surface area (Å²) >= 11 is 8.15. The van der Waals surface area contributed by atoms with Crippen molar-refractivity contribution in [2.45, 2.75) is 38.9 Å². The molecule has 1 fully saturated rings. The average molecular weight is 322 g/mol. The van der Waals surface area contributed by atoms with Crippen LogP contribution in [0.1, 0.15) is 29.0 Å². The standard InChI is InChI=1S/C16H20ClN3S/c1-11-16(21-10-19-11)9-20(2)15-6-3-12(7-14(15)17)8-18-13-4-5-13/h3,6-7,10,13,18H,4-5,8-9H2,1-2H3. The van der Waals surface area contributed by atoms with E-state index in [1.165, 1.54) is 23.3 Å². The molecule has 0 aliphatic heterocycles. The summed E-state index contributed by atoms with van der Waals surface area (Å²) < 4.78 is 0. The van der Waals surface area contributed by atoms with Gasteiger partial charge in [-0.25, -0.2) is 4.98 Å². The van der Waals surface area contributed by atoms with Crippen LogP contribution in [0.15, 0.2) is 23.7 Å². The van der Waals surface area contributed by atoms with E-state index in [2.05, 4.69) is 40.4 Å². The molecule has 0 spiro atoms. The van der Waals surface area contributed by atoms with Gasteiger partial charge in [0.15, 0.2) is 0 Å². The van der Waals surface area contributed by atoms with Gasteiger partial charge < -0.3 is 10.2 Å². The number of aromatic nitrogens is 1. The summed E-state index contributed by atoms with van der Waals surface area (Å²) in [6.07, 6.45) is 2.62. The zero-order valence-corrected chi connectivity index (χ0v) is 14.0. The first-order chi connectivity index (χ1) is 10.1. The van der Waals surface area contributed by atoms with Gasteiger partial charge in [0.05, 0.1) is 28.5 Å². The van der Waals surface area contributed by atoms with E-state index in [4.69, 9.17) is 11.6 Å². The number of benzene rings is 1. The fraction of sp³-hybridized carbons (Fsp3) is 0.438. The average Bonchev–Trinajstić information content (AvgIpc) is 3.20. The van der Waals surface area contributed by atoms with Crippen molar-refractivity contribution in [1.82, 2.24) is 10.3 Å². The van der Waals surface area contributed by atoms with Gasteiger partial charge in [0, 0.05) is 24.5 Å². The number of nitrogens with zero attached hydrogens (tertiary/aromatic N) is 2. The highest BCUT2D eigenvalue weighted by Gasteiger charge is 2.20. The molecule has 1 N–H and O–H groups in total. The number of anilines is 1. The lowest BCUT2D eigenvalue weighted by Gasteiger charge is -2.20. The zero-order valence-electron chi connectivity index (χ0n) is 12.4. The molecule has 0 atom stereocenters. The van der Waals surface area contributed by atoms with Crippen molar-refractivity contribution in [1.29, 1.82) is 0 Å². The van der Waals surface area contributed by atoms with E-state index < -0.39 is 0 Å². The van der Waals surface area contributed by atoms with Gasteiger partial charge in [0.1, 0.15) is 0 Å². The summed E-state index contributed by atoms with van der Waals surface area (Å²) in [5, 5.41) is 4.33. The zero-order chi connectivity index (χ0) is 14.8. The van der Waals surface area contributed by atoms with Crippen LogP contribution in [0.2, 0.25) is 5.02 Å². The number of hydrogen-bond donors (Lipinski definition) is 1. The van der Waals surface area contributed by atoms with Crippen molar-refractivity contribution >= 4 is 28.6 Å². The quantitative estimate of drug-likeness (QED) is 0.872. The van der Waals surface area contributed by atoms with Gasteiger partial charge in [-0.15, -0.1) is 11.3 Å². The number of aryl methyl sites for hydroxylation is 1. The van der Waals surface area contributed by atoms with Crippen LogP contribution in [0, 0.1) is 6.92 Å². The van der Waals surface area contributed by atoms with E-state index in [1.54, 1.807) is 11.3 Å². The Hall–Kier alpha value is -1.10. The maximum atomic E-state index is 6.45. The van der Waals surface area contributed by atoms with Crippen LogP contribution in [-0.4, -0.2) is 18.1 Å². The lowest BCUT2D eigenvalue weighted by atomic mass is 10.2. The second kappa shape index (κ2) is 6.34. The van der Waals surface area contributed by atoms with E-state index in [0.717, 1.165) is 35.5 Å². The first-order valence-corrected chi connectivity index (χ1v) is 8.51. The minimum absolute atomic E-state index is 0.723. The van der Waals surface area contributed by atoms with Crippen LogP contribution in [0.5, 0.6) is 0 Å². The molecule has 1 heterocycles. The third-order valence-corrected chi connectivity index (χ3v) is 5.04. The summed E-state index contributed by atoms with van der Waals surface area (Å²) in [6, 6.07) is 7.07. The minimum Gasteiger partial charge on any atom is -0.368 e. The molecule has 112 valence electrons. The Kier molecular flexibility index (Phi) is 4.48. The molecule has 0 radical (unpaired) electrons. The summed E-state index contributed by atoms with van der Waals surface area (Å²) in [5.41, 5.74) is 5.32. The molecule has 3 nitrogen and oxygen atoms in total. The topological polar surface area (TPSA) is 28.2 Å². The molecule has 0 saturated heterocycles. The first kappa shape index (κ1) is 14.8. The van der Waals surface area contributed by atoms with Crippen LogP contribution < -0.4 is 10.2 Å². The number of thiazole rings is 1. The highest BCUT2D eigenvalue weighted by atomic mass is 35.5. The number of nitrogens with one attached hydrogen (secondary N) is 1. The molecule has 1 saturated carbocycles. The lowest BCUT2D eigenvalue weighted by molar-refractivity contribution is 0.688. The van der Waals surface area contributed by atoms with Crippen LogP contribution in [0.4, 0.5) is 5.69 Å². The van der Waals surface area contributed by atoms with E-state index in [9.17, 15) is 0 Å². The third kappa shape index (κ3) is 3.76. The van der Waals surface area contributed by atoms with E-state index in [-0.39, 0.29) is 0 Å². The van der Waals surface area contributed by atoms with Crippen molar-refractivity contribution < 1.29 is 0 Å². The van der Waals surface area contributed by atoms with Gasteiger partial charge >= 0.3 is 0 Å². The molecular formula is C16H20ClN3S. The summed E-state index contributed by atoms with van der Waals surface area (Å²) in [5.74, 6) is 0. The summed E-state index contributed by atoms with van der Waals surface area (Å²) in [7, 11) is 2.07. The fourth-order valence-corrected chi connectivity index (χ4v) is 3.48. The largest absolute Gasteiger partial charge is 0.368 e. The molecule has 21 heavy (non-hydrogen) atoms. The Bertz CT molecular complexity index is 622. The van der Waals surface area contributed by atoms with Gasteiger partial charge in [-0.2, -0.15) is 0 Å². The molecule has 1 aliphatic carbocycles. The van der Waals surface area contributed by atoms with Crippen LogP contribution in [0.3, 0.4) is 0 Å². The smallest absolute Gasteiger partial charge is 0.0798 e. The Morgan fingerprint density at radius 2 is 2.24 bits per heavy atom. The maximum absolute atomic E-state index is 6.45. The third-order valence-electron chi connectivity index (χ3n) is 3.82. The molecule has 1 aromatic heterocycles. The molecule has 1 aliphatic rings. The van der Waals surface area contributed by atoms with Gasteiger partial charge in [0.25, 0.3) is 0 Å². The maximum Gasteiger partial charge on any atom is 0.0798 e.